The number of likely N-dealkylation sites (tertiary alicyclic amines) is 1. The first-order valence-electron chi connectivity index (χ1n) is 6.82. The number of methoxy groups -OCH3 is 1. The highest BCUT2D eigenvalue weighted by atomic mass is 16.5. The lowest BCUT2D eigenvalue weighted by atomic mass is 9.81. The molecule has 0 aromatic carbocycles. The van der Waals surface area contributed by atoms with Gasteiger partial charge in [-0.2, -0.15) is 0 Å². The Bertz CT molecular complexity index is 202. The molecule has 0 amide bonds. The van der Waals surface area contributed by atoms with Gasteiger partial charge in [0.1, 0.15) is 0 Å². The molecule has 0 bridgehead atoms. The zero-order valence-electron chi connectivity index (χ0n) is 10.5. The van der Waals surface area contributed by atoms with Gasteiger partial charge in [-0.1, -0.05) is 0 Å². The van der Waals surface area contributed by atoms with Gasteiger partial charge in [0.2, 0.25) is 0 Å². The SMILES string of the molecule is COC1CCC([C@@H]2CCCN2CCN)CC1. The van der Waals surface area contributed by atoms with Crippen molar-refractivity contribution in [2.75, 3.05) is 26.7 Å². The quantitative estimate of drug-likeness (QED) is 0.791. The molecule has 3 nitrogen and oxygen atoms in total. The van der Waals surface area contributed by atoms with E-state index in [4.69, 9.17) is 10.5 Å². The molecule has 0 unspecified atom stereocenters. The third-order valence-corrected chi connectivity index (χ3v) is 4.43. The van der Waals surface area contributed by atoms with E-state index in [0.29, 0.717) is 6.10 Å². The van der Waals surface area contributed by atoms with E-state index >= 15 is 0 Å². The summed E-state index contributed by atoms with van der Waals surface area (Å²) in [4.78, 5) is 2.62. The van der Waals surface area contributed by atoms with Crippen LogP contribution in [-0.4, -0.2) is 43.8 Å². The van der Waals surface area contributed by atoms with Crippen LogP contribution in [0.2, 0.25) is 0 Å². The van der Waals surface area contributed by atoms with E-state index in [1.54, 1.807) is 0 Å². The van der Waals surface area contributed by atoms with E-state index in [2.05, 4.69) is 4.90 Å². The van der Waals surface area contributed by atoms with Crippen molar-refractivity contribution < 1.29 is 4.74 Å². The summed E-state index contributed by atoms with van der Waals surface area (Å²) < 4.78 is 5.44. The van der Waals surface area contributed by atoms with Gasteiger partial charge in [-0.3, -0.25) is 4.90 Å². The molecule has 0 radical (unpaired) electrons. The Morgan fingerprint density at radius 1 is 1.19 bits per heavy atom. The van der Waals surface area contributed by atoms with E-state index in [0.717, 1.165) is 25.0 Å². The summed E-state index contributed by atoms with van der Waals surface area (Å²) in [6.07, 6.45) is 8.51. The van der Waals surface area contributed by atoms with Crippen LogP contribution >= 0.6 is 0 Å². The van der Waals surface area contributed by atoms with Gasteiger partial charge in [0.15, 0.2) is 0 Å². The highest BCUT2D eigenvalue weighted by molar-refractivity contribution is 4.88. The van der Waals surface area contributed by atoms with Crippen molar-refractivity contribution in [3.05, 3.63) is 0 Å². The van der Waals surface area contributed by atoms with Crippen LogP contribution in [0.25, 0.3) is 0 Å². The monoisotopic (exact) mass is 226 g/mol. The van der Waals surface area contributed by atoms with Crippen molar-refractivity contribution in [3.8, 4) is 0 Å². The first-order chi connectivity index (χ1) is 7.85. The van der Waals surface area contributed by atoms with Gasteiger partial charge in [0.25, 0.3) is 0 Å². The van der Waals surface area contributed by atoms with Gasteiger partial charge >= 0.3 is 0 Å². The molecule has 16 heavy (non-hydrogen) atoms. The molecule has 1 atom stereocenters. The second-order valence-electron chi connectivity index (χ2n) is 5.31. The van der Waals surface area contributed by atoms with E-state index < -0.39 is 0 Å². The highest BCUT2D eigenvalue weighted by Gasteiger charge is 2.33. The Morgan fingerprint density at radius 3 is 2.56 bits per heavy atom. The van der Waals surface area contributed by atoms with Crippen LogP contribution in [0.15, 0.2) is 0 Å². The summed E-state index contributed by atoms with van der Waals surface area (Å²) in [6.45, 7) is 3.17. The summed E-state index contributed by atoms with van der Waals surface area (Å²) in [6, 6.07) is 0.821. The van der Waals surface area contributed by atoms with Gasteiger partial charge in [0.05, 0.1) is 6.10 Å². The Morgan fingerprint density at radius 2 is 1.94 bits per heavy atom. The molecule has 3 heteroatoms. The Hall–Kier alpha value is -0.120. The van der Waals surface area contributed by atoms with Crippen molar-refractivity contribution >= 4 is 0 Å². The maximum absolute atomic E-state index is 5.68. The zero-order valence-corrected chi connectivity index (χ0v) is 10.5. The van der Waals surface area contributed by atoms with Crippen molar-refractivity contribution in [1.29, 1.82) is 0 Å². The molecular weight excluding hydrogens is 200 g/mol. The van der Waals surface area contributed by atoms with Gasteiger partial charge < -0.3 is 10.5 Å². The first-order valence-corrected chi connectivity index (χ1v) is 6.82. The smallest absolute Gasteiger partial charge is 0.0571 e. The highest BCUT2D eigenvalue weighted by Crippen LogP contribution is 2.34. The van der Waals surface area contributed by atoms with Gasteiger partial charge in [-0.05, 0) is 51.0 Å². The van der Waals surface area contributed by atoms with Crippen LogP contribution < -0.4 is 5.73 Å². The zero-order chi connectivity index (χ0) is 11.4. The molecule has 2 fully saturated rings. The number of nitrogens with two attached hydrogens (primary N) is 1. The molecule has 2 N–H and O–H groups in total. The fourth-order valence-corrected chi connectivity index (χ4v) is 3.54. The van der Waals surface area contributed by atoms with Gasteiger partial charge in [0, 0.05) is 26.2 Å². The van der Waals surface area contributed by atoms with Crippen molar-refractivity contribution in [1.82, 2.24) is 4.90 Å². The fraction of sp³-hybridized carbons (Fsp3) is 1.00. The van der Waals surface area contributed by atoms with Crippen molar-refractivity contribution in [2.24, 2.45) is 11.7 Å². The van der Waals surface area contributed by atoms with E-state index in [9.17, 15) is 0 Å². The third kappa shape index (κ3) is 2.76. The number of hydrogen-bond donors (Lipinski definition) is 1. The first kappa shape index (κ1) is 12.3. The van der Waals surface area contributed by atoms with Gasteiger partial charge in [-0.25, -0.2) is 0 Å². The lowest BCUT2D eigenvalue weighted by molar-refractivity contribution is 0.0402. The van der Waals surface area contributed by atoms with Crippen molar-refractivity contribution in [2.45, 2.75) is 50.7 Å². The maximum Gasteiger partial charge on any atom is 0.0571 e. The summed E-state index contributed by atoms with van der Waals surface area (Å²) in [5, 5.41) is 0. The second kappa shape index (κ2) is 5.99. The van der Waals surface area contributed by atoms with Crippen LogP contribution in [0.1, 0.15) is 38.5 Å². The second-order valence-corrected chi connectivity index (χ2v) is 5.31. The lowest BCUT2D eigenvalue weighted by Gasteiger charge is -2.36. The maximum atomic E-state index is 5.68. The minimum Gasteiger partial charge on any atom is -0.381 e. The number of hydrogen-bond acceptors (Lipinski definition) is 3. The number of rotatable bonds is 4. The summed E-state index contributed by atoms with van der Waals surface area (Å²) in [5.74, 6) is 0.903. The average Bonchev–Trinajstić information content (AvgIpc) is 2.78. The predicted molar refractivity (Wildman–Crippen MR) is 66.4 cm³/mol. The summed E-state index contributed by atoms with van der Waals surface area (Å²) in [7, 11) is 1.85. The largest absolute Gasteiger partial charge is 0.381 e. The molecular formula is C13H26N2O. The molecule has 1 aliphatic carbocycles. The Kier molecular flexibility index (Phi) is 4.62. The Labute approximate surface area is 99.3 Å². The van der Waals surface area contributed by atoms with E-state index in [1.807, 2.05) is 7.11 Å². The van der Waals surface area contributed by atoms with Crippen LogP contribution in [-0.2, 0) is 4.74 Å². The van der Waals surface area contributed by atoms with E-state index in [-0.39, 0.29) is 0 Å². The molecule has 94 valence electrons. The molecule has 1 saturated carbocycles. The minimum atomic E-state index is 0.528. The lowest BCUT2D eigenvalue weighted by Crippen LogP contribution is -2.40. The average molecular weight is 226 g/mol. The molecule has 2 aliphatic rings. The molecule has 0 aromatic rings. The van der Waals surface area contributed by atoms with Crippen LogP contribution in [0.5, 0.6) is 0 Å². The van der Waals surface area contributed by atoms with Crippen LogP contribution in [0.4, 0.5) is 0 Å². The minimum absolute atomic E-state index is 0.528. The normalized spacial score (nSPS) is 36.8. The predicted octanol–water partition coefficient (Wildman–Crippen LogP) is 1.61. The summed E-state index contributed by atoms with van der Waals surface area (Å²) in [5.41, 5.74) is 5.68. The topological polar surface area (TPSA) is 38.5 Å². The standard InChI is InChI=1S/C13H26N2O/c1-16-12-6-4-11(5-7-12)13-3-2-9-15(13)10-8-14/h11-13H,2-10,14H2,1H3/t11?,12?,13-/m0/s1. The summed E-state index contributed by atoms with van der Waals surface area (Å²) >= 11 is 0. The number of nitrogens with zero attached hydrogens (tertiary/aromatic N) is 1. The van der Waals surface area contributed by atoms with E-state index in [1.165, 1.54) is 45.1 Å². The molecule has 1 heterocycles. The fourth-order valence-electron chi connectivity index (χ4n) is 3.54. The van der Waals surface area contributed by atoms with Gasteiger partial charge in [-0.15, -0.1) is 0 Å². The number of ether oxygens (including phenoxy) is 1. The molecule has 0 spiro atoms. The van der Waals surface area contributed by atoms with Crippen LogP contribution in [0, 0.1) is 5.92 Å². The van der Waals surface area contributed by atoms with Crippen molar-refractivity contribution in [3.63, 3.8) is 0 Å². The molecule has 2 rings (SSSR count). The molecule has 1 saturated heterocycles. The van der Waals surface area contributed by atoms with Crippen LogP contribution in [0.3, 0.4) is 0 Å². The third-order valence-electron chi connectivity index (χ3n) is 4.43. The molecule has 0 aromatic heterocycles. The Balaban J connectivity index is 1.83. The molecule has 1 aliphatic heterocycles.